The number of imide groups is 1. The molecule has 1 N–H and O–H groups in total. The van der Waals surface area contributed by atoms with Gasteiger partial charge in [-0.2, -0.15) is 5.10 Å². The summed E-state index contributed by atoms with van der Waals surface area (Å²) < 4.78 is 0. The van der Waals surface area contributed by atoms with E-state index in [1.165, 1.54) is 6.21 Å². The second-order valence-electron chi connectivity index (χ2n) is 4.43. The summed E-state index contributed by atoms with van der Waals surface area (Å²) in [4.78, 5) is 25.8. The van der Waals surface area contributed by atoms with Crippen molar-refractivity contribution in [3.63, 3.8) is 0 Å². The quantitative estimate of drug-likeness (QED) is 0.672. The molecule has 0 radical (unpaired) electrons. The first kappa shape index (κ1) is 12.8. The van der Waals surface area contributed by atoms with Crippen LogP contribution in [0.5, 0.6) is 0 Å². The second kappa shape index (κ2) is 4.53. The van der Waals surface area contributed by atoms with E-state index in [9.17, 15) is 9.59 Å². The molecule has 1 aliphatic heterocycles. The van der Waals surface area contributed by atoms with Crippen molar-refractivity contribution < 1.29 is 9.59 Å². The summed E-state index contributed by atoms with van der Waals surface area (Å²) >= 11 is 1.56. The minimum absolute atomic E-state index is 0.306. The molecule has 1 aromatic rings. The van der Waals surface area contributed by atoms with Gasteiger partial charge in [0.1, 0.15) is 5.54 Å². The van der Waals surface area contributed by atoms with E-state index in [4.69, 9.17) is 0 Å². The smallest absolute Gasteiger partial charge is 0.322 e. The summed E-state index contributed by atoms with van der Waals surface area (Å²) in [5, 5.41) is 7.52. The zero-order valence-electron chi connectivity index (χ0n) is 10.6. The van der Waals surface area contributed by atoms with Crippen LogP contribution in [-0.4, -0.2) is 28.7 Å². The maximum absolute atomic E-state index is 12.0. The maximum atomic E-state index is 12.0. The van der Waals surface area contributed by atoms with Crippen LogP contribution in [0.2, 0.25) is 0 Å². The first-order valence-corrected chi connectivity index (χ1v) is 6.55. The molecule has 1 saturated heterocycles. The summed E-state index contributed by atoms with van der Waals surface area (Å²) in [6, 6.07) is 3.41. The Labute approximate surface area is 109 Å². The highest BCUT2D eigenvalue weighted by molar-refractivity contribution is 7.13. The first-order chi connectivity index (χ1) is 8.46. The van der Waals surface area contributed by atoms with Crippen LogP contribution < -0.4 is 5.32 Å². The van der Waals surface area contributed by atoms with Crippen LogP contribution in [0, 0.1) is 6.92 Å². The number of carbonyl (C=O) groups is 2. The van der Waals surface area contributed by atoms with E-state index in [0.717, 1.165) is 14.8 Å². The molecule has 0 saturated carbocycles. The predicted octanol–water partition coefficient (Wildman–Crippen LogP) is 2.11. The van der Waals surface area contributed by atoms with E-state index in [0.29, 0.717) is 6.42 Å². The van der Waals surface area contributed by atoms with Gasteiger partial charge in [0.15, 0.2) is 0 Å². The van der Waals surface area contributed by atoms with Crippen molar-refractivity contribution in [1.29, 1.82) is 0 Å². The summed E-state index contributed by atoms with van der Waals surface area (Å²) in [5.74, 6) is -0.306. The molecule has 0 spiro atoms. The lowest BCUT2D eigenvalue weighted by molar-refractivity contribution is -0.130. The predicted molar refractivity (Wildman–Crippen MR) is 70.7 cm³/mol. The van der Waals surface area contributed by atoms with Gasteiger partial charge in [-0.15, -0.1) is 16.3 Å². The van der Waals surface area contributed by atoms with Gasteiger partial charge >= 0.3 is 6.03 Å². The van der Waals surface area contributed by atoms with Crippen molar-refractivity contribution >= 4 is 29.5 Å². The molecule has 1 atom stereocenters. The van der Waals surface area contributed by atoms with Crippen LogP contribution in [0.1, 0.15) is 30.0 Å². The molecule has 0 aliphatic carbocycles. The molecule has 2 rings (SSSR count). The summed E-state index contributed by atoms with van der Waals surface area (Å²) in [6.45, 7) is 5.55. The number of urea groups is 1. The Morgan fingerprint density at radius 1 is 1.50 bits per heavy atom. The Morgan fingerprint density at radius 2 is 2.22 bits per heavy atom. The highest BCUT2D eigenvalue weighted by Gasteiger charge is 2.46. The fourth-order valence-electron chi connectivity index (χ4n) is 1.65. The van der Waals surface area contributed by atoms with Crippen LogP contribution in [-0.2, 0) is 4.79 Å². The fourth-order valence-corrected chi connectivity index (χ4v) is 2.39. The van der Waals surface area contributed by atoms with Crippen molar-refractivity contribution in [3.05, 3.63) is 21.9 Å². The summed E-state index contributed by atoms with van der Waals surface area (Å²) in [6.07, 6.45) is 2.08. The Kier molecular flexibility index (Phi) is 3.21. The van der Waals surface area contributed by atoms with Crippen molar-refractivity contribution in [2.45, 2.75) is 32.7 Å². The maximum Gasteiger partial charge on any atom is 0.346 e. The highest BCUT2D eigenvalue weighted by atomic mass is 32.1. The van der Waals surface area contributed by atoms with E-state index < -0.39 is 11.6 Å². The van der Waals surface area contributed by atoms with Crippen molar-refractivity contribution in [1.82, 2.24) is 10.3 Å². The van der Waals surface area contributed by atoms with E-state index in [1.54, 1.807) is 18.3 Å². The number of hydrogen-bond donors (Lipinski definition) is 1. The molecule has 96 valence electrons. The number of thiophene rings is 1. The SMILES string of the molecule is CC[C@@]1(C)NC(=O)N(/N=C\c2ccc(C)s2)C1=O. The standard InChI is InChI=1S/C12H15N3O2S/c1-4-12(3)10(16)15(11(17)14-12)13-7-9-6-5-8(2)18-9/h5-7H,4H2,1-3H3,(H,14,17)/b13-7-/t12-/m1/s1. The van der Waals surface area contributed by atoms with Gasteiger partial charge < -0.3 is 5.32 Å². The number of carbonyl (C=O) groups excluding carboxylic acids is 2. The van der Waals surface area contributed by atoms with Crippen LogP contribution in [0.25, 0.3) is 0 Å². The molecule has 0 aromatic carbocycles. The minimum Gasteiger partial charge on any atom is -0.322 e. The highest BCUT2D eigenvalue weighted by Crippen LogP contribution is 2.21. The fraction of sp³-hybridized carbons (Fsp3) is 0.417. The molecule has 0 unspecified atom stereocenters. The van der Waals surface area contributed by atoms with Crippen LogP contribution in [0.3, 0.4) is 0 Å². The molecular formula is C12H15N3O2S. The number of hydrogen-bond acceptors (Lipinski definition) is 4. The molecule has 2 heterocycles. The third-order valence-electron chi connectivity index (χ3n) is 3.01. The Hall–Kier alpha value is -1.69. The van der Waals surface area contributed by atoms with Crippen molar-refractivity contribution in [2.24, 2.45) is 5.10 Å². The number of aryl methyl sites for hydroxylation is 1. The molecular weight excluding hydrogens is 250 g/mol. The van der Waals surface area contributed by atoms with Gasteiger partial charge in [0.25, 0.3) is 5.91 Å². The Bertz CT molecular complexity index is 523. The van der Waals surface area contributed by atoms with Crippen LogP contribution in [0.4, 0.5) is 4.79 Å². The third-order valence-corrected chi connectivity index (χ3v) is 3.94. The second-order valence-corrected chi connectivity index (χ2v) is 5.75. The lowest BCUT2D eigenvalue weighted by Gasteiger charge is -2.17. The Morgan fingerprint density at radius 3 is 2.72 bits per heavy atom. The molecule has 1 fully saturated rings. The monoisotopic (exact) mass is 265 g/mol. The number of nitrogens with one attached hydrogen (secondary N) is 1. The van der Waals surface area contributed by atoms with E-state index in [-0.39, 0.29) is 5.91 Å². The normalized spacial score (nSPS) is 24.1. The number of amides is 3. The number of rotatable bonds is 3. The van der Waals surface area contributed by atoms with E-state index in [1.807, 2.05) is 26.0 Å². The van der Waals surface area contributed by atoms with Crippen LogP contribution >= 0.6 is 11.3 Å². The first-order valence-electron chi connectivity index (χ1n) is 5.73. The molecule has 1 aromatic heterocycles. The minimum atomic E-state index is -0.834. The molecule has 1 aliphatic rings. The summed E-state index contributed by atoms with van der Waals surface area (Å²) in [7, 11) is 0. The van der Waals surface area contributed by atoms with E-state index >= 15 is 0 Å². The lowest BCUT2D eigenvalue weighted by atomic mass is 10.00. The average Bonchev–Trinajstić information content (AvgIpc) is 2.82. The van der Waals surface area contributed by atoms with Gasteiger partial charge in [-0.3, -0.25) is 4.79 Å². The van der Waals surface area contributed by atoms with Gasteiger partial charge in [-0.1, -0.05) is 6.92 Å². The van der Waals surface area contributed by atoms with Gasteiger partial charge in [0.05, 0.1) is 6.21 Å². The Balaban J connectivity index is 2.17. The number of nitrogens with zero attached hydrogens (tertiary/aromatic N) is 2. The largest absolute Gasteiger partial charge is 0.346 e. The molecule has 5 nitrogen and oxygen atoms in total. The van der Waals surface area contributed by atoms with Crippen LogP contribution in [0.15, 0.2) is 17.2 Å². The third kappa shape index (κ3) is 2.15. The zero-order valence-corrected chi connectivity index (χ0v) is 11.4. The zero-order chi connectivity index (χ0) is 13.3. The molecule has 3 amide bonds. The lowest BCUT2D eigenvalue weighted by Crippen LogP contribution is -2.42. The van der Waals surface area contributed by atoms with Crippen molar-refractivity contribution in [2.75, 3.05) is 0 Å². The number of hydrazone groups is 1. The van der Waals surface area contributed by atoms with Gasteiger partial charge in [-0.25, -0.2) is 4.79 Å². The molecule has 0 bridgehead atoms. The van der Waals surface area contributed by atoms with Gasteiger partial charge in [0, 0.05) is 9.75 Å². The summed E-state index contributed by atoms with van der Waals surface area (Å²) in [5.41, 5.74) is -0.834. The topological polar surface area (TPSA) is 61.8 Å². The molecule has 18 heavy (non-hydrogen) atoms. The molecule has 6 heteroatoms. The van der Waals surface area contributed by atoms with E-state index in [2.05, 4.69) is 10.4 Å². The average molecular weight is 265 g/mol. The van der Waals surface area contributed by atoms with Gasteiger partial charge in [0.2, 0.25) is 0 Å². The van der Waals surface area contributed by atoms with Gasteiger partial charge in [-0.05, 0) is 32.4 Å². The van der Waals surface area contributed by atoms with Crippen molar-refractivity contribution in [3.8, 4) is 0 Å².